The van der Waals surface area contributed by atoms with Crippen LogP contribution in [0.1, 0.15) is 0 Å². The second-order valence-electron chi connectivity index (χ2n) is 0.760. The first-order valence-electron chi connectivity index (χ1n) is 1.45. The summed E-state index contributed by atoms with van der Waals surface area (Å²) in [4.78, 5) is 17.5. The van der Waals surface area contributed by atoms with Gasteiger partial charge in [0.25, 0.3) is 0 Å². The van der Waals surface area contributed by atoms with Gasteiger partial charge in [-0.1, -0.05) is 0 Å². The molecule has 10 heteroatoms. The van der Waals surface area contributed by atoms with Crippen molar-refractivity contribution >= 4 is 23.1 Å². The number of nitrogens with zero attached hydrogens (tertiary/aromatic N) is 2. The third-order valence-corrected chi connectivity index (χ3v) is 0.283. The highest BCUT2D eigenvalue weighted by atomic mass is 32.2. The Hall–Kier alpha value is -0.870. The fraction of sp³-hybridized carbons (Fsp3) is 0. The van der Waals surface area contributed by atoms with Crippen LogP contribution < -0.4 is 0 Å². The zero-order chi connectivity index (χ0) is 8.78. The van der Waals surface area contributed by atoms with Crippen LogP contribution in [-0.4, -0.2) is 22.5 Å². The van der Waals surface area contributed by atoms with E-state index in [0.717, 1.165) is 0 Å². The van der Waals surface area contributed by atoms with E-state index < -0.39 is 14.6 Å². The lowest BCUT2D eigenvalue weighted by molar-refractivity contribution is -0.661. The molecule has 60 valence electrons. The molecule has 0 amide bonds. The van der Waals surface area contributed by atoms with Crippen molar-refractivity contribution in [3.63, 3.8) is 0 Å². The molecule has 2 N–H and O–H groups in total. The molecule has 10 heavy (non-hydrogen) atoms. The summed E-state index contributed by atoms with van der Waals surface area (Å²) < 4.78 is 26.1. The summed E-state index contributed by atoms with van der Waals surface area (Å²) in [6.07, 6.45) is 0. The summed E-state index contributed by atoms with van der Waals surface area (Å²) in [5.74, 6) is 0. The Labute approximate surface area is 60.8 Å². The number of hydrogen-bond donors (Lipinski definition) is 2. The summed E-state index contributed by atoms with van der Waals surface area (Å²) in [6.45, 7) is 0. The predicted octanol–water partition coefficient (Wildman–Crippen LogP) is -0.828. The summed E-state index contributed by atoms with van der Waals surface area (Å²) in [6, 6.07) is 0. The lowest BCUT2D eigenvalue weighted by Crippen LogP contribution is -1.86. The van der Waals surface area contributed by atoms with Crippen LogP contribution in [0.5, 0.6) is 0 Å². The second-order valence-corrected chi connectivity index (χ2v) is 2.12. The fourth-order valence-corrected chi connectivity index (χ4v) is 0. The third kappa shape index (κ3) is 59.1. The van der Waals surface area contributed by atoms with Crippen LogP contribution in [-0.2, 0) is 23.1 Å². The Kier molecular flexibility index (Phi) is 5.89. The van der Waals surface area contributed by atoms with E-state index in [1.54, 1.807) is 0 Å². The maximum absolute atomic E-state index is 9.08. The largest absolute Gasteiger partial charge is 0.413 e. The van der Waals surface area contributed by atoms with Crippen LogP contribution in [0.2, 0.25) is 0 Å². The lowest BCUT2D eigenvalue weighted by atomic mass is 13.4. The average Bonchev–Trinajstić information content (AvgIpc) is 1.63. The molecule has 0 fully saturated rings. The van der Waals surface area contributed by atoms with Crippen LogP contribution in [0.4, 0.5) is 0 Å². The summed E-state index contributed by atoms with van der Waals surface area (Å²) >= 11 is 3.45. The zero-order valence-corrected chi connectivity index (χ0v) is 5.87. The Morgan fingerprint density at radius 1 is 1.50 bits per heavy atom. The highest BCUT2D eigenvalue weighted by molar-refractivity contribution is 7.84. The van der Waals surface area contributed by atoms with Crippen LogP contribution in [0.3, 0.4) is 0 Å². The molecule has 0 aliphatic heterocycles. The zero-order valence-electron chi connectivity index (χ0n) is 4.24. The molecule has 0 aromatic rings. The van der Waals surface area contributed by atoms with Gasteiger partial charge in [-0.25, -0.2) is 0 Å². The second kappa shape index (κ2) is 4.96. The molecule has 0 unspecified atom stereocenters. The van der Waals surface area contributed by atoms with Gasteiger partial charge in [-0.05, 0) is 0 Å². The highest BCUT2D eigenvalue weighted by Gasteiger charge is 1.95. The lowest BCUT2D eigenvalue weighted by Gasteiger charge is -1.67. The molecule has 8 nitrogen and oxygen atoms in total. The first-order valence-corrected chi connectivity index (χ1v) is 3.21. The molecule has 0 rings (SSSR count). The van der Waals surface area contributed by atoms with E-state index in [0.29, 0.717) is 0 Å². The van der Waals surface area contributed by atoms with Crippen LogP contribution in [0.15, 0.2) is 4.58 Å². The van der Waals surface area contributed by atoms with E-state index in [1.165, 1.54) is 4.58 Å². The molecule has 0 radical (unpaired) electrons. The molecule has 0 bridgehead atoms. The molecule has 0 aromatic carbocycles. The SMILES string of the molecule is O=NS(=O)(=O)O.O=[N+](O)[S-]. The molecular formula is H2N2O6S2. The van der Waals surface area contributed by atoms with Gasteiger partial charge in [-0.2, -0.15) is 8.42 Å². The van der Waals surface area contributed by atoms with Crippen molar-refractivity contribution in [1.82, 2.24) is 0 Å². The maximum Gasteiger partial charge on any atom is 0.413 e. The third-order valence-electron chi connectivity index (χ3n) is 0.0942. The van der Waals surface area contributed by atoms with E-state index in [1.807, 2.05) is 0 Å². The van der Waals surface area contributed by atoms with E-state index in [2.05, 4.69) is 12.8 Å². The predicted molar refractivity (Wildman–Crippen MR) is 30.1 cm³/mol. The van der Waals surface area contributed by atoms with Gasteiger partial charge in [0, 0.05) is 0 Å². The normalized spacial score (nSPS) is 8.90. The molecule has 0 spiro atoms. The topological polar surface area (TPSA) is 124 Å². The van der Waals surface area contributed by atoms with E-state index in [4.69, 9.17) is 28.0 Å². The smallest absolute Gasteiger partial charge is 0.306 e. The van der Waals surface area contributed by atoms with Gasteiger partial charge < -0.3 is 12.8 Å². The van der Waals surface area contributed by atoms with Gasteiger partial charge in [-0.3, -0.25) is 9.76 Å². The number of nitroso groups, excluding NO2 is 1. The minimum Gasteiger partial charge on any atom is -0.306 e. The minimum atomic E-state index is -4.59. The molecule has 0 saturated carbocycles. The molecule has 0 aliphatic rings. The van der Waals surface area contributed by atoms with Gasteiger partial charge in [0.2, 0.25) is 0 Å². The van der Waals surface area contributed by atoms with Crippen molar-refractivity contribution in [2.75, 3.05) is 0 Å². The van der Waals surface area contributed by atoms with Crippen LogP contribution in [0.25, 0.3) is 0 Å². The fourth-order valence-electron chi connectivity index (χ4n) is 0. The molecule has 0 aliphatic carbocycles. The van der Waals surface area contributed by atoms with Crippen molar-refractivity contribution in [3.8, 4) is 0 Å². The quantitative estimate of drug-likeness (QED) is 0.239. The first kappa shape index (κ1) is 11.9. The van der Waals surface area contributed by atoms with Gasteiger partial charge >= 0.3 is 10.3 Å². The number of rotatable bonds is 1. The molecule has 0 saturated heterocycles. The van der Waals surface area contributed by atoms with Gasteiger partial charge in [-0.15, -0.1) is 4.91 Å². The monoisotopic (exact) mass is 190 g/mol. The Morgan fingerprint density at radius 2 is 1.60 bits per heavy atom. The molecule has 0 aromatic heterocycles. The van der Waals surface area contributed by atoms with Crippen LogP contribution >= 0.6 is 0 Å². The summed E-state index contributed by atoms with van der Waals surface area (Å²) in [7, 11) is -4.59. The molecule has 0 atom stereocenters. The first-order chi connectivity index (χ1) is 4.29. The van der Waals surface area contributed by atoms with Gasteiger partial charge in [0.05, 0.1) is 9.49 Å². The Balaban J connectivity index is 0. The van der Waals surface area contributed by atoms with Gasteiger partial charge in [0.1, 0.15) is 4.33 Å². The highest BCUT2D eigenvalue weighted by Crippen LogP contribution is 1.75. The Bertz CT molecular complexity index is 186. The van der Waals surface area contributed by atoms with Crippen molar-refractivity contribution in [1.29, 1.82) is 0 Å². The summed E-state index contributed by atoms with van der Waals surface area (Å²) in [5.41, 5.74) is 0. The Morgan fingerprint density at radius 3 is 1.60 bits per heavy atom. The van der Waals surface area contributed by atoms with Crippen LogP contribution in [0, 0.1) is 9.81 Å². The summed E-state index contributed by atoms with van der Waals surface area (Å²) in [5, 5.41) is 7.15. The van der Waals surface area contributed by atoms with Crippen molar-refractivity contribution in [3.05, 3.63) is 9.81 Å². The van der Waals surface area contributed by atoms with E-state index >= 15 is 0 Å². The standard InChI is InChI=1S/HNO4S.HNO2S/c2-1-6(3,4)5;2-1(3)4/h(H,3,4,5);(H,2,3,4). The molecular weight excluding hydrogens is 188 g/mol. The van der Waals surface area contributed by atoms with Crippen molar-refractivity contribution in [2.24, 2.45) is 4.58 Å². The van der Waals surface area contributed by atoms with E-state index in [9.17, 15) is 0 Å². The van der Waals surface area contributed by atoms with Crippen molar-refractivity contribution < 1.29 is 22.5 Å². The number of hydrogen-bond acceptors (Lipinski definition) is 5. The van der Waals surface area contributed by atoms with E-state index in [-0.39, 0.29) is 0 Å². The maximum atomic E-state index is 9.08. The molecule has 0 heterocycles. The van der Waals surface area contributed by atoms with Crippen molar-refractivity contribution in [2.45, 2.75) is 0 Å². The van der Waals surface area contributed by atoms with Gasteiger partial charge in [0.15, 0.2) is 0 Å². The minimum absolute atomic E-state index is 0.667. The average molecular weight is 190 g/mol.